The lowest BCUT2D eigenvalue weighted by Gasteiger charge is -2.36. The second kappa shape index (κ2) is 10.0. The number of hydrogen-bond donors (Lipinski definition) is 1. The third kappa shape index (κ3) is 5.77. The Morgan fingerprint density at radius 1 is 0.846 bits per heavy atom. The first kappa shape index (κ1) is 22.6. The Kier molecular flexibility index (Phi) is 8.70. The molecule has 1 aliphatic rings. The van der Waals surface area contributed by atoms with Crippen molar-refractivity contribution in [3.63, 3.8) is 0 Å². The smallest absolute Gasteiger partial charge is 0.408 e. The van der Waals surface area contributed by atoms with Crippen LogP contribution in [0, 0.1) is 0 Å². The topological polar surface area (TPSA) is 24.5 Å². The van der Waals surface area contributed by atoms with Crippen LogP contribution < -0.4 is 10.1 Å². The van der Waals surface area contributed by atoms with Crippen LogP contribution >= 0.6 is 24.8 Å². The van der Waals surface area contributed by atoms with E-state index in [2.05, 4.69) is 5.32 Å². The highest BCUT2D eigenvalue weighted by atomic mass is 35.5. The molecule has 0 radical (unpaired) electrons. The Hall–Kier alpha value is -1.47. The molecular formula is C18H21Cl2F3N2O. The van der Waals surface area contributed by atoms with Crippen molar-refractivity contribution in [3.05, 3.63) is 60.2 Å². The van der Waals surface area contributed by atoms with Crippen molar-refractivity contribution >= 4 is 24.8 Å². The van der Waals surface area contributed by atoms with Crippen LogP contribution in [0.15, 0.2) is 54.6 Å². The molecule has 0 bridgehead atoms. The summed E-state index contributed by atoms with van der Waals surface area (Å²) in [6.45, 7) is 1.91. The highest BCUT2D eigenvalue weighted by Gasteiger charge is 2.44. The number of nitrogens with zero attached hydrogens (tertiary/aromatic N) is 1. The van der Waals surface area contributed by atoms with Gasteiger partial charge in [0.05, 0.1) is 0 Å². The second-order valence-corrected chi connectivity index (χ2v) is 5.71. The standard InChI is InChI=1S/C18H19F3N2O.2ClH/c19-18(20,21)17(23-12-10-22-11-13-23)14-6-8-16(9-7-14)24-15-4-2-1-3-5-15;;/h1-9,17,22H,10-13H2;2*1H/t17-;;/m1../s1. The Balaban J connectivity index is 0.00000169. The number of rotatable bonds is 4. The molecule has 144 valence electrons. The first-order chi connectivity index (χ1) is 11.5. The minimum atomic E-state index is -4.31. The van der Waals surface area contributed by atoms with Crippen LogP contribution in [0.5, 0.6) is 11.5 Å². The number of piperazine rings is 1. The first-order valence-electron chi connectivity index (χ1n) is 7.88. The van der Waals surface area contributed by atoms with E-state index in [9.17, 15) is 13.2 Å². The molecule has 8 heteroatoms. The van der Waals surface area contributed by atoms with Gasteiger partial charge < -0.3 is 10.1 Å². The normalized spacial score (nSPS) is 16.1. The second-order valence-electron chi connectivity index (χ2n) is 5.71. The number of ether oxygens (including phenoxy) is 1. The van der Waals surface area contributed by atoms with E-state index in [0.717, 1.165) is 0 Å². The SMILES string of the molecule is Cl.Cl.FC(F)(F)[C@@H](c1ccc(Oc2ccccc2)cc1)N1CCNCC1. The van der Waals surface area contributed by atoms with Gasteiger partial charge in [0.2, 0.25) is 0 Å². The van der Waals surface area contributed by atoms with E-state index in [0.29, 0.717) is 37.7 Å². The molecule has 1 saturated heterocycles. The molecule has 0 aromatic heterocycles. The molecule has 0 unspecified atom stereocenters. The molecule has 1 aliphatic heterocycles. The summed E-state index contributed by atoms with van der Waals surface area (Å²) in [5.41, 5.74) is 0.241. The fraction of sp³-hybridized carbons (Fsp3) is 0.333. The molecule has 0 saturated carbocycles. The van der Waals surface area contributed by atoms with E-state index in [4.69, 9.17) is 4.74 Å². The van der Waals surface area contributed by atoms with Crippen LogP contribution in [-0.4, -0.2) is 37.3 Å². The van der Waals surface area contributed by atoms with Gasteiger partial charge >= 0.3 is 6.18 Å². The molecule has 1 atom stereocenters. The van der Waals surface area contributed by atoms with Crippen LogP contribution in [0.3, 0.4) is 0 Å². The largest absolute Gasteiger partial charge is 0.457 e. The highest BCUT2D eigenvalue weighted by Crippen LogP contribution is 2.38. The zero-order valence-electron chi connectivity index (χ0n) is 13.9. The van der Waals surface area contributed by atoms with Gasteiger partial charge in [-0.15, -0.1) is 24.8 Å². The van der Waals surface area contributed by atoms with E-state index >= 15 is 0 Å². The van der Waals surface area contributed by atoms with Gasteiger partial charge in [-0.25, -0.2) is 0 Å². The number of para-hydroxylation sites is 1. The fourth-order valence-electron chi connectivity index (χ4n) is 2.89. The van der Waals surface area contributed by atoms with Gasteiger partial charge in [0.25, 0.3) is 0 Å². The lowest BCUT2D eigenvalue weighted by atomic mass is 10.0. The Morgan fingerprint density at radius 2 is 1.38 bits per heavy atom. The third-order valence-electron chi connectivity index (χ3n) is 4.00. The van der Waals surface area contributed by atoms with Gasteiger partial charge in [0.1, 0.15) is 17.5 Å². The summed E-state index contributed by atoms with van der Waals surface area (Å²) in [6.07, 6.45) is -4.31. The Morgan fingerprint density at radius 3 is 1.92 bits per heavy atom. The van der Waals surface area contributed by atoms with Gasteiger partial charge in [-0.05, 0) is 29.8 Å². The summed E-state index contributed by atoms with van der Waals surface area (Å²) in [7, 11) is 0. The minimum absolute atomic E-state index is 0. The summed E-state index contributed by atoms with van der Waals surface area (Å²) >= 11 is 0. The number of benzene rings is 2. The molecule has 1 N–H and O–H groups in total. The predicted molar refractivity (Wildman–Crippen MR) is 101 cm³/mol. The van der Waals surface area contributed by atoms with Crippen LogP contribution in [0.2, 0.25) is 0 Å². The van der Waals surface area contributed by atoms with Crippen molar-refractivity contribution in [3.8, 4) is 11.5 Å². The molecule has 3 rings (SSSR count). The summed E-state index contributed by atoms with van der Waals surface area (Å²) in [5, 5.41) is 3.08. The monoisotopic (exact) mass is 408 g/mol. The molecule has 1 fully saturated rings. The minimum Gasteiger partial charge on any atom is -0.457 e. The number of halogens is 5. The maximum atomic E-state index is 13.5. The molecule has 2 aromatic carbocycles. The fourth-order valence-corrected chi connectivity index (χ4v) is 2.89. The maximum absolute atomic E-state index is 13.5. The number of alkyl halides is 3. The number of nitrogens with one attached hydrogen (secondary N) is 1. The van der Waals surface area contributed by atoms with Crippen LogP contribution in [-0.2, 0) is 0 Å². The summed E-state index contributed by atoms with van der Waals surface area (Å²) in [5.74, 6) is 1.17. The summed E-state index contributed by atoms with van der Waals surface area (Å²) in [4.78, 5) is 1.48. The van der Waals surface area contributed by atoms with Gasteiger partial charge in [-0.3, -0.25) is 4.90 Å². The van der Waals surface area contributed by atoms with Crippen molar-refractivity contribution in [2.75, 3.05) is 26.2 Å². The van der Waals surface area contributed by atoms with Crippen molar-refractivity contribution in [2.24, 2.45) is 0 Å². The number of hydrogen-bond acceptors (Lipinski definition) is 3. The first-order valence-corrected chi connectivity index (χ1v) is 7.88. The Bertz CT molecular complexity index is 648. The van der Waals surface area contributed by atoms with Crippen molar-refractivity contribution in [2.45, 2.75) is 12.2 Å². The molecule has 2 aromatic rings. The average molecular weight is 409 g/mol. The zero-order chi connectivity index (χ0) is 17.0. The lowest BCUT2D eigenvalue weighted by molar-refractivity contribution is -0.187. The molecular weight excluding hydrogens is 388 g/mol. The Labute approximate surface area is 163 Å². The molecule has 0 aliphatic carbocycles. The van der Waals surface area contributed by atoms with E-state index < -0.39 is 12.2 Å². The maximum Gasteiger partial charge on any atom is 0.408 e. The highest BCUT2D eigenvalue weighted by molar-refractivity contribution is 5.85. The third-order valence-corrected chi connectivity index (χ3v) is 4.00. The van der Waals surface area contributed by atoms with Crippen LogP contribution in [0.25, 0.3) is 0 Å². The molecule has 1 heterocycles. The van der Waals surface area contributed by atoms with Gasteiger partial charge in [-0.2, -0.15) is 13.2 Å². The van der Waals surface area contributed by atoms with E-state index in [1.165, 1.54) is 17.0 Å². The lowest BCUT2D eigenvalue weighted by Crippen LogP contribution is -2.49. The van der Waals surface area contributed by atoms with Crippen molar-refractivity contribution < 1.29 is 17.9 Å². The van der Waals surface area contributed by atoms with Gasteiger partial charge in [0, 0.05) is 26.2 Å². The zero-order valence-corrected chi connectivity index (χ0v) is 15.5. The van der Waals surface area contributed by atoms with Crippen molar-refractivity contribution in [1.82, 2.24) is 10.2 Å². The van der Waals surface area contributed by atoms with Gasteiger partial charge in [-0.1, -0.05) is 30.3 Å². The summed E-state index contributed by atoms with van der Waals surface area (Å²) < 4.78 is 46.3. The molecule has 26 heavy (non-hydrogen) atoms. The van der Waals surface area contributed by atoms with E-state index in [1.807, 2.05) is 18.2 Å². The van der Waals surface area contributed by atoms with Crippen LogP contribution in [0.1, 0.15) is 11.6 Å². The van der Waals surface area contributed by atoms with E-state index in [1.54, 1.807) is 24.3 Å². The average Bonchev–Trinajstić information content (AvgIpc) is 2.57. The van der Waals surface area contributed by atoms with Crippen molar-refractivity contribution in [1.29, 1.82) is 0 Å². The molecule has 0 spiro atoms. The van der Waals surface area contributed by atoms with Gasteiger partial charge in [0.15, 0.2) is 0 Å². The molecule has 0 amide bonds. The quantitative estimate of drug-likeness (QED) is 0.783. The van der Waals surface area contributed by atoms with E-state index in [-0.39, 0.29) is 30.4 Å². The molecule has 3 nitrogen and oxygen atoms in total. The predicted octanol–water partition coefficient (Wildman–Crippen LogP) is 4.83. The summed E-state index contributed by atoms with van der Waals surface area (Å²) in [6, 6.07) is 13.7. The van der Waals surface area contributed by atoms with Crippen LogP contribution in [0.4, 0.5) is 13.2 Å².